The molecule has 1 unspecified atom stereocenters. The third-order valence-corrected chi connectivity index (χ3v) is 5.63. The van der Waals surface area contributed by atoms with Gasteiger partial charge in [-0.3, -0.25) is 4.90 Å². The molecule has 4 nitrogen and oxygen atoms in total. The van der Waals surface area contributed by atoms with Crippen molar-refractivity contribution in [3.05, 3.63) is 0 Å². The van der Waals surface area contributed by atoms with Crippen molar-refractivity contribution in [2.75, 3.05) is 37.7 Å². The van der Waals surface area contributed by atoms with Gasteiger partial charge < -0.3 is 5.32 Å². The van der Waals surface area contributed by atoms with Crippen molar-refractivity contribution in [3.63, 3.8) is 0 Å². The first kappa shape index (κ1) is 13.3. The van der Waals surface area contributed by atoms with E-state index in [2.05, 4.69) is 17.1 Å². The number of hydrogen-bond acceptors (Lipinski definition) is 4. The summed E-state index contributed by atoms with van der Waals surface area (Å²) in [5.41, 5.74) is 0.260. The normalized spacial score (nSPS) is 33.9. The minimum atomic E-state index is -2.74. The Morgan fingerprint density at radius 1 is 1.29 bits per heavy atom. The predicted molar refractivity (Wildman–Crippen MR) is 70.0 cm³/mol. The molecule has 0 amide bonds. The second-order valence-corrected chi connectivity index (χ2v) is 7.79. The van der Waals surface area contributed by atoms with Crippen LogP contribution in [-0.4, -0.2) is 56.5 Å². The Labute approximate surface area is 105 Å². The number of rotatable bonds is 4. The van der Waals surface area contributed by atoms with Gasteiger partial charge in [-0.2, -0.15) is 0 Å². The highest BCUT2D eigenvalue weighted by Gasteiger charge is 2.35. The van der Waals surface area contributed by atoms with E-state index in [1.807, 2.05) is 0 Å². The van der Waals surface area contributed by atoms with Crippen LogP contribution in [0.3, 0.4) is 0 Å². The molecule has 2 rings (SSSR count). The summed E-state index contributed by atoms with van der Waals surface area (Å²) in [6, 6.07) is 0. The second-order valence-electron chi connectivity index (χ2n) is 5.49. The van der Waals surface area contributed by atoms with Gasteiger partial charge in [0, 0.05) is 25.2 Å². The van der Waals surface area contributed by atoms with Crippen molar-refractivity contribution in [2.24, 2.45) is 0 Å². The van der Waals surface area contributed by atoms with Gasteiger partial charge in [0.2, 0.25) is 0 Å². The highest BCUT2D eigenvalue weighted by atomic mass is 32.2. The average molecular weight is 260 g/mol. The van der Waals surface area contributed by atoms with Gasteiger partial charge >= 0.3 is 0 Å². The third kappa shape index (κ3) is 3.42. The topological polar surface area (TPSA) is 49.4 Å². The van der Waals surface area contributed by atoms with E-state index >= 15 is 0 Å². The van der Waals surface area contributed by atoms with Gasteiger partial charge in [-0.25, -0.2) is 8.42 Å². The lowest BCUT2D eigenvalue weighted by Crippen LogP contribution is -2.53. The lowest BCUT2D eigenvalue weighted by atomic mass is 9.91. The molecule has 5 heteroatoms. The van der Waals surface area contributed by atoms with Gasteiger partial charge in [0.05, 0.1) is 11.5 Å². The highest BCUT2D eigenvalue weighted by molar-refractivity contribution is 7.91. The molecule has 0 saturated carbocycles. The van der Waals surface area contributed by atoms with Crippen molar-refractivity contribution in [3.8, 4) is 0 Å². The first-order valence-corrected chi connectivity index (χ1v) is 8.55. The first-order chi connectivity index (χ1) is 8.05. The van der Waals surface area contributed by atoms with Gasteiger partial charge in [-0.1, -0.05) is 13.3 Å². The maximum Gasteiger partial charge on any atom is 0.152 e. The van der Waals surface area contributed by atoms with Crippen LogP contribution < -0.4 is 5.32 Å². The summed E-state index contributed by atoms with van der Waals surface area (Å²) < 4.78 is 22.8. The fraction of sp³-hybridized carbons (Fsp3) is 1.00. The van der Waals surface area contributed by atoms with Crippen LogP contribution in [0.1, 0.15) is 32.6 Å². The Kier molecular flexibility index (Phi) is 4.10. The Morgan fingerprint density at radius 3 is 2.53 bits per heavy atom. The van der Waals surface area contributed by atoms with Crippen LogP contribution in [0.15, 0.2) is 0 Å². The summed E-state index contributed by atoms with van der Waals surface area (Å²) in [4.78, 5) is 2.33. The minimum absolute atomic E-state index is 0.260. The maximum absolute atomic E-state index is 11.4. The smallest absolute Gasteiger partial charge is 0.152 e. The molecular formula is C12H24N2O2S. The van der Waals surface area contributed by atoms with E-state index in [0.29, 0.717) is 11.5 Å². The third-order valence-electron chi connectivity index (χ3n) is 4.02. The average Bonchev–Trinajstić information content (AvgIpc) is 2.71. The summed E-state index contributed by atoms with van der Waals surface area (Å²) in [7, 11) is -2.74. The summed E-state index contributed by atoms with van der Waals surface area (Å²) >= 11 is 0. The predicted octanol–water partition coefficient (Wildman–Crippen LogP) is 0.639. The molecule has 1 atom stereocenters. The van der Waals surface area contributed by atoms with Crippen LogP contribution in [0.4, 0.5) is 0 Å². The van der Waals surface area contributed by atoms with E-state index in [-0.39, 0.29) is 5.54 Å². The summed E-state index contributed by atoms with van der Waals surface area (Å²) in [5, 5.41) is 3.65. The molecule has 0 radical (unpaired) electrons. The Balaban J connectivity index is 1.91. The SMILES string of the molecule is CCCC1(CN2CCS(=O)(=O)CC2)CCCN1. The Bertz CT molecular complexity index is 334. The lowest BCUT2D eigenvalue weighted by Gasteiger charge is -2.37. The molecule has 0 aromatic carbocycles. The standard InChI is InChI=1S/C12H24N2O2S/c1-2-4-12(5-3-6-13-12)11-14-7-9-17(15,16)10-8-14/h13H,2-11H2,1H3. The molecule has 0 aromatic heterocycles. The zero-order valence-corrected chi connectivity index (χ0v) is 11.6. The van der Waals surface area contributed by atoms with Gasteiger partial charge in [0.15, 0.2) is 9.84 Å². The van der Waals surface area contributed by atoms with Crippen LogP contribution in [-0.2, 0) is 9.84 Å². The second kappa shape index (κ2) is 5.24. The number of sulfone groups is 1. The van der Waals surface area contributed by atoms with E-state index in [4.69, 9.17) is 0 Å². The zero-order chi connectivity index (χ0) is 12.4. The molecule has 2 fully saturated rings. The van der Waals surface area contributed by atoms with E-state index in [0.717, 1.165) is 26.2 Å². The van der Waals surface area contributed by atoms with Crippen LogP contribution in [0.2, 0.25) is 0 Å². The first-order valence-electron chi connectivity index (χ1n) is 6.73. The molecule has 2 aliphatic heterocycles. The van der Waals surface area contributed by atoms with E-state index in [9.17, 15) is 8.42 Å². The quantitative estimate of drug-likeness (QED) is 0.806. The van der Waals surface area contributed by atoms with Crippen molar-refractivity contribution < 1.29 is 8.42 Å². The fourth-order valence-corrected chi connectivity index (χ4v) is 4.39. The summed E-state index contributed by atoms with van der Waals surface area (Å²) in [6.45, 7) is 5.80. The van der Waals surface area contributed by atoms with Crippen molar-refractivity contribution in [2.45, 2.75) is 38.1 Å². The molecule has 2 aliphatic rings. The molecule has 0 aromatic rings. The zero-order valence-electron chi connectivity index (χ0n) is 10.7. The summed E-state index contributed by atoms with van der Waals surface area (Å²) in [5.74, 6) is 0.685. The summed E-state index contributed by atoms with van der Waals surface area (Å²) in [6.07, 6.45) is 4.89. The molecule has 17 heavy (non-hydrogen) atoms. The minimum Gasteiger partial charge on any atom is -0.310 e. The molecular weight excluding hydrogens is 236 g/mol. The largest absolute Gasteiger partial charge is 0.310 e. The van der Waals surface area contributed by atoms with E-state index in [1.54, 1.807) is 0 Å². The van der Waals surface area contributed by atoms with E-state index < -0.39 is 9.84 Å². The molecule has 0 spiro atoms. The number of nitrogens with one attached hydrogen (secondary N) is 1. The number of nitrogens with zero attached hydrogens (tertiary/aromatic N) is 1. The Hall–Kier alpha value is -0.130. The Morgan fingerprint density at radius 2 is 2.00 bits per heavy atom. The molecule has 0 bridgehead atoms. The van der Waals surface area contributed by atoms with Crippen molar-refractivity contribution in [1.82, 2.24) is 10.2 Å². The van der Waals surface area contributed by atoms with Crippen LogP contribution in [0, 0.1) is 0 Å². The molecule has 2 saturated heterocycles. The molecule has 100 valence electrons. The molecule has 2 heterocycles. The fourth-order valence-electron chi connectivity index (χ4n) is 3.11. The molecule has 0 aliphatic carbocycles. The molecule has 1 N–H and O–H groups in total. The van der Waals surface area contributed by atoms with Crippen LogP contribution in [0.25, 0.3) is 0 Å². The highest BCUT2D eigenvalue weighted by Crippen LogP contribution is 2.26. The lowest BCUT2D eigenvalue weighted by molar-refractivity contribution is 0.194. The van der Waals surface area contributed by atoms with E-state index in [1.165, 1.54) is 25.7 Å². The van der Waals surface area contributed by atoms with Gasteiger partial charge in [0.1, 0.15) is 0 Å². The van der Waals surface area contributed by atoms with Gasteiger partial charge in [-0.05, 0) is 25.8 Å². The van der Waals surface area contributed by atoms with Crippen molar-refractivity contribution >= 4 is 9.84 Å². The van der Waals surface area contributed by atoms with Gasteiger partial charge in [-0.15, -0.1) is 0 Å². The van der Waals surface area contributed by atoms with Crippen molar-refractivity contribution in [1.29, 1.82) is 0 Å². The van der Waals surface area contributed by atoms with Crippen LogP contribution >= 0.6 is 0 Å². The monoisotopic (exact) mass is 260 g/mol. The maximum atomic E-state index is 11.4. The van der Waals surface area contributed by atoms with Crippen LogP contribution in [0.5, 0.6) is 0 Å². The number of hydrogen-bond donors (Lipinski definition) is 1. The van der Waals surface area contributed by atoms with Gasteiger partial charge in [0.25, 0.3) is 0 Å².